The summed E-state index contributed by atoms with van der Waals surface area (Å²) in [4.78, 5) is 16.7. The number of anilines is 1. The van der Waals surface area contributed by atoms with E-state index >= 15 is 0 Å². The van der Waals surface area contributed by atoms with Gasteiger partial charge >= 0.3 is 0 Å². The van der Waals surface area contributed by atoms with E-state index in [0.29, 0.717) is 11.4 Å². The SMILES string of the molecule is N#CC(c1ccccc1)c1ccc(-c2cc3c(N)ncc(C(N)=O)c3s2)cc1. The standard InChI is InChI=1S/C22H16N4OS/c23-11-17(13-4-2-1-3-5-13)14-6-8-15(9-7-14)19-10-16-20(28-19)18(22(25)27)12-26-21(16)24/h1-10,12,17H,(H2,24,26)(H2,25,27). The predicted octanol–water partition coefficient (Wildman–Crippen LogP) is 4.30. The molecule has 0 radical (unpaired) electrons. The Balaban J connectivity index is 1.73. The van der Waals surface area contributed by atoms with E-state index in [-0.39, 0.29) is 5.92 Å². The first kappa shape index (κ1) is 17.7. The molecule has 2 aromatic carbocycles. The maximum Gasteiger partial charge on any atom is 0.251 e. The molecule has 1 atom stereocenters. The van der Waals surface area contributed by atoms with Gasteiger partial charge in [-0.25, -0.2) is 4.98 Å². The summed E-state index contributed by atoms with van der Waals surface area (Å²) < 4.78 is 0.735. The number of carbonyl (C=O) groups is 1. The number of benzene rings is 2. The molecule has 136 valence electrons. The molecular weight excluding hydrogens is 368 g/mol. The molecule has 0 fully saturated rings. The summed E-state index contributed by atoms with van der Waals surface area (Å²) in [5.41, 5.74) is 14.7. The van der Waals surface area contributed by atoms with Crippen molar-refractivity contribution in [1.29, 1.82) is 5.26 Å². The van der Waals surface area contributed by atoms with E-state index < -0.39 is 5.91 Å². The fraction of sp³-hybridized carbons (Fsp3) is 0.0455. The molecule has 0 bridgehead atoms. The Morgan fingerprint density at radius 3 is 2.39 bits per heavy atom. The highest BCUT2D eigenvalue weighted by molar-refractivity contribution is 7.22. The number of nitrogens with zero attached hydrogens (tertiary/aromatic N) is 2. The molecular formula is C22H16N4OS. The van der Waals surface area contributed by atoms with Crippen molar-refractivity contribution in [3.05, 3.63) is 83.6 Å². The van der Waals surface area contributed by atoms with Gasteiger partial charge in [-0.1, -0.05) is 54.6 Å². The second-order valence-corrected chi connectivity index (χ2v) is 7.42. The summed E-state index contributed by atoms with van der Waals surface area (Å²) >= 11 is 1.45. The van der Waals surface area contributed by atoms with E-state index in [2.05, 4.69) is 11.1 Å². The topological polar surface area (TPSA) is 106 Å². The van der Waals surface area contributed by atoms with Gasteiger partial charge in [0.1, 0.15) is 5.82 Å². The summed E-state index contributed by atoms with van der Waals surface area (Å²) in [7, 11) is 0. The van der Waals surface area contributed by atoms with Crippen LogP contribution in [0.15, 0.2) is 66.9 Å². The predicted molar refractivity (Wildman–Crippen MR) is 112 cm³/mol. The first-order valence-corrected chi connectivity index (χ1v) is 9.43. The van der Waals surface area contributed by atoms with Gasteiger partial charge in [-0.3, -0.25) is 4.79 Å². The minimum atomic E-state index is -0.527. The smallest absolute Gasteiger partial charge is 0.251 e. The van der Waals surface area contributed by atoms with Crippen LogP contribution in [0.2, 0.25) is 0 Å². The molecule has 6 heteroatoms. The van der Waals surface area contributed by atoms with Crippen LogP contribution in [-0.4, -0.2) is 10.9 Å². The maximum atomic E-state index is 11.7. The van der Waals surface area contributed by atoms with Crippen molar-refractivity contribution in [2.24, 2.45) is 5.73 Å². The maximum absolute atomic E-state index is 11.7. The quantitative estimate of drug-likeness (QED) is 0.547. The number of nitrogens with two attached hydrogens (primary N) is 2. The fourth-order valence-corrected chi connectivity index (χ4v) is 4.38. The van der Waals surface area contributed by atoms with Gasteiger partial charge < -0.3 is 11.5 Å². The zero-order valence-corrected chi connectivity index (χ0v) is 15.6. The van der Waals surface area contributed by atoms with Gasteiger partial charge in [0.25, 0.3) is 5.91 Å². The molecule has 28 heavy (non-hydrogen) atoms. The number of primary amides is 1. The molecule has 5 nitrogen and oxygen atoms in total. The van der Waals surface area contributed by atoms with Crippen LogP contribution in [0.25, 0.3) is 20.5 Å². The van der Waals surface area contributed by atoms with E-state index in [9.17, 15) is 10.1 Å². The summed E-state index contributed by atoms with van der Waals surface area (Å²) in [5, 5.41) is 10.3. The molecule has 0 aliphatic rings. The van der Waals surface area contributed by atoms with Crippen LogP contribution in [0.3, 0.4) is 0 Å². The number of rotatable bonds is 4. The Morgan fingerprint density at radius 2 is 1.75 bits per heavy atom. The first-order chi connectivity index (χ1) is 13.6. The highest BCUT2D eigenvalue weighted by atomic mass is 32.1. The zero-order chi connectivity index (χ0) is 19.7. The minimum absolute atomic E-state index is 0.320. The van der Waals surface area contributed by atoms with E-state index in [4.69, 9.17) is 11.5 Å². The summed E-state index contributed by atoms with van der Waals surface area (Å²) in [5.74, 6) is -0.479. The number of hydrogen-bond donors (Lipinski definition) is 2. The third-order valence-corrected chi connectivity index (χ3v) is 5.86. The molecule has 0 aliphatic carbocycles. The molecule has 2 heterocycles. The average Bonchev–Trinajstić information content (AvgIpc) is 3.16. The van der Waals surface area contributed by atoms with E-state index in [1.54, 1.807) is 0 Å². The lowest BCUT2D eigenvalue weighted by Gasteiger charge is -2.10. The molecule has 0 spiro atoms. The van der Waals surface area contributed by atoms with Crippen LogP contribution in [-0.2, 0) is 0 Å². The number of nitrogen functional groups attached to an aromatic ring is 1. The lowest BCUT2D eigenvalue weighted by molar-refractivity contribution is 0.100. The lowest BCUT2D eigenvalue weighted by Crippen LogP contribution is -2.11. The molecule has 0 saturated heterocycles. The minimum Gasteiger partial charge on any atom is -0.383 e. The largest absolute Gasteiger partial charge is 0.383 e. The van der Waals surface area contributed by atoms with Crippen LogP contribution in [0.4, 0.5) is 5.82 Å². The Bertz CT molecular complexity index is 1210. The number of pyridine rings is 1. The van der Waals surface area contributed by atoms with Crippen LogP contribution in [0.1, 0.15) is 27.4 Å². The second-order valence-electron chi connectivity index (χ2n) is 6.37. The van der Waals surface area contributed by atoms with Gasteiger partial charge in [0.2, 0.25) is 0 Å². The van der Waals surface area contributed by atoms with E-state index in [1.165, 1.54) is 17.5 Å². The normalized spacial score (nSPS) is 11.8. The molecule has 0 aliphatic heterocycles. The molecule has 4 rings (SSSR count). The summed E-state index contributed by atoms with van der Waals surface area (Å²) in [6.07, 6.45) is 1.42. The number of aromatic nitrogens is 1. The number of nitriles is 1. The zero-order valence-electron chi connectivity index (χ0n) is 14.8. The Kier molecular flexibility index (Phi) is 4.52. The molecule has 4 N–H and O–H groups in total. The van der Waals surface area contributed by atoms with Crippen LogP contribution >= 0.6 is 11.3 Å². The third-order valence-electron chi connectivity index (χ3n) is 4.64. The van der Waals surface area contributed by atoms with E-state index in [1.807, 2.05) is 60.7 Å². The molecule has 4 aromatic rings. The van der Waals surface area contributed by atoms with Gasteiger partial charge in [0, 0.05) is 16.5 Å². The van der Waals surface area contributed by atoms with Crippen LogP contribution < -0.4 is 11.5 Å². The monoisotopic (exact) mass is 384 g/mol. The van der Waals surface area contributed by atoms with E-state index in [0.717, 1.165) is 31.7 Å². The average molecular weight is 384 g/mol. The number of carbonyl (C=O) groups excluding carboxylic acids is 1. The molecule has 2 aromatic heterocycles. The Hall–Kier alpha value is -3.69. The van der Waals surface area contributed by atoms with Crippen molar-refractivity contribution >= 4 is 33.1 Å². The third kappa shape index (κ3) is 3.08. The Morgan fingerprint density at radius 1 is 1.07 bits per heavy atom. The number of thiophene rings is 1. The van der Waals surface area contributed by atoms with Gasteiger partial charge in [-0.15, -0.1) is 11.3 Å². The molecule has 1 unspecified atom stereocenters. The van der Waals surface area contributed by atoms with Crippen molar-refractivity contribution in [3.8, 4) is 16.5 Å². The van der Waals surface area contributed by atoms with Gasteiger partial charge in [-0.05, 0) is 22.8 Å². The Labute approximate surface area is 165 Å². The summed E-state index contributed by atoms with van der Waals surface area (Å²) in [6.45, 7) is 0. The van der Waals surface area contributed by atoms with Crippen molar-refractivity contribution in [2.45, 2.75) is 5.92 Å². The van der Waals surface area contributed by atoms with Gasteiger partial charge in [-0.2, -0.15) is 5.26 Å². The number of amides is 1. The van der Waals surface area contributed by atoms with Crippen molar-refractivity contribution in [1.82, 2.24) is 4.98 Å². The first-order valence-electron chi connectivity index (χ1n) is 8.61. The lowest BCUT2D eigenvalue weighted by atomic mass is 9.92. The number of fused-ring (bicyclic) bond motifs is 1. The highest BCUT2D eigenvalue weighted by Crippen LogP contribution is 2.38. The molecule has 0 saturated carbocycles. The second kappa shape index (κ2) is 7.14. The van der Waals surface area contributed by atoms with Crippen LogP contribution in [0.5, 0.6) is 0 Å². The molecule has 1 amide bonds. The van der Waals surface area contributed by atoms with Gasteiger partial charge in [0.15, 0.2) is 0 Å². The van der Waals surface area contributed by atoms with Crippen molar-refractivity contribution in [3.63, 3.8) is 0 Å². The van der Waals surface area contributed by atoms with Crippen molar-refractivity contribution in [2.75, 3.05) is 5.73 Å². The highest BCUT2D eigenvalue weighted by Gasteiger charge is 2.16. The van der Waals surface area contributed by atoms with Crippen molar-refractivity contribution < 1.29 is 4.79 Å². The van der Waals surface area contributed by atoms with Crippen LogP contribution in [0, 0.1) is 11.3 Å². The fourth-order valence-electron chi connectivity index (χ4n) is 3.19. The summed E-state index contributed by atoms with van der Waals surface area (Å²) in [6, 6.07) is 21.8. The number of hydrogen-bond acceptors (Lipinski definition) is 5. The van der Waals surface area contributed by atoms with Gasteiger partial charge in [0.05, 0.1) is 22.3 Å².